The first kappa shape index (κ1) is 25.4. The first-order valence-electron chi connectivity index (χ1n) is 13.7. The zero-order valence-corrected chi connectivity index (χ0v) is 23.1. The molecule has 5 aromatic rings. The lowest BCUT2D eigenvalue weighted by Gasteiger charge is -2.05. The summed E-state index contributed by atoms with van der Waals surface area (Å²) >= 11 is 0. The van der Waals surface area contributed by atoms with Gasteiger partial charge in [-0.15, -0.1) is 0 Å². The summed E-state index contributed by atoms with van der Waals surface area (Å²) in [7, 11) is 0. The third-order valence-corrected chi connectivity index (χ3v) is 7.75. The number of aromatic nitrogens is 4. The summed E-state index contributed by atoms with van der Waals surface area (Å²) in [6, 6.07) is 24.2. The van der Waals surface area contributed by atoms with Crippen molar-refractivity contribution in [1.29, 1.82) is 0 Å². The predicted octanol–water partition coefficient (Wildman–Crippen LogP) is 8.23. The van der Waals surface area contributed by atoms with Crippen LogP contribution in [0.15, 0.2) is 72.8 Å². The number of rotatable bonds is 4. The first-order valence-corrected chi connectivity index (χ1v) is 13.7. The van der Waals surface area contributed by atoms with Crippen LogP contribution in [0.4, 0.5) is 0 Å². The summed E-state index contributed by atoms with van der Waals surface area (Å²) in [6.07, 6.45) is 9.24. The molecule has 202 valence electrons. The Morgan fingerprint density at radius 3 is 1.29 bits per heavy atom. The average Bonchev–Trinajstić information content (AvgIpc) is 3.82. The molecule has 0 amide bonds. The fourth-order valence-electron chi connectivity index (χ4n) is 5.55. The van der Waals surface area contributed by atoms with Gasteiger partial charge in [0.15, 0.2) is 12.6 Å². The van der Waals surface area contributed by atoms with E-state index in [2.05, 4.69) is 34.2 Å². The molecule has 0 saturated carbocycles. The Bertz CT molecular complexity index is 2020. The maximum absolute atomic E-state index is 12.5. The molecule has 0 radical (unpaired) electrons. The lowest BCUT2D eigenvalue weighted by Crippen LogP contribution is -1.92. The Labute approximate surface area is 242 Å². The second-order valence-electron chi connectivity index (χ2n) is 10.5. The number of carbonyl (C=O) groups excluding carboxylic acids is 2. The van der Waals surface area contributed by atoms with Crippen molar-refractivity contribution in [2.24, 2.45) is 0 Å². The molecule has 0 unspecified atom stereocenters. The fourth-order valence-corrected chi connectivity index (χ4v) is 5.55. The van der Waals surface area contributed by atoms with Gasteiger partial charge in [0.2, 0.25) is 0 Å². The normalized spacial score (nSPS) is 12.0. The van der Waals surface area contributed by atoms with Crippen LogP contribution in [0.2, 0.25) is 0 Å². The molecule has 2 aliphatic rings. The Hall–Kier alpha value is -5.62. The largest absolute Gasteiger partial charge is 0.354 e. The van der Waals surface area contributed by atoms with Gasteiger partial charge >= 0.3 is 0 Å². The lowest BCUT2D eigenvalue weighted by atomic mass is 10.0. The number of nitrogens with zero attached hydrogens (tertiary/aromatic N) is 2. The molecule has 8 bridgehead atoms. The van der Waals surface area contributed by atoms with E-state index in [0.717, 1.165) is 57.0 Å². The highest BCUT2D eigenvalue weighted by Gasteiger charge is 2.18. The van der Waals surface area contributed by atoms with E-state index in [1.54, 1.807) is 0 Å². The van der Waals surface area contributed by atoms with Crippen molar-refractivity contribution in [3.05, 3.63) is 118 Å². The van der Waals surface area contributed by atoms with Crippen LogP contribution in [0.1, 0.15) is 54.6 Å². The molecule has 0 fully saturated rings. The van der Waals surface area contributed by atoms with Crippen LogP contribution in [0.25, 0.3) is 68.6 Å². The highest BCUT2D eigenvalue weighted by atomic mass is 16.1. The minimum atomic E-state index is 0.464. The number of benzene rings is 2. The van der Waals surface area contributed by atoms with Gasteiger partial charge in [0.1, 0.15) is 0 Å². The maximum atomic E-state index is 12.5. The fraction of sp³-hybridized carbons (Fsp3) is 0.0556. The van der Waals surface area contributed by atoms with Gasteiger partial charge in [0.25, 0.3) is 0 Å². The second-order valence-corrected chi connectivity index (χ2v) is 10.5. The van der Waals surface area contributed by atoms with Crippen molar-refractivity contribution in [1.82, 2.24) is 19.9 Å². The van der Waals surface area contributed by atoms with Gasteiger partial charge in [-0.2, -0.15) is 0 Å². The van der Waals surface area contributed by atoms with Crippen LogP contribution in [-0.4, -0.2) is 32.5 Å². The van der Waals surface area contributed by atoms with E-state index >= 15 is 0 Å². The summed E-state index contributed by atoms with van der Waals surface area (Å²) < 4.78 is 0. The molecule has 2 aliphatic heterocycles. The summed E-state index contributed by atoms with van der Waals surface area (Å²) in [5.74, 6) is 0. The molecule has 6 heteroatoms. The summed E-state index contributed by atoms with van der Waals surface area (Å²) in [5, 5.41) is 0. The number of hydrogen-bond donors (Lipinski definition) is 2. The number of carbonyl (C=O) groups is 2. The topological polar surface area (TPSA) is 91.5 Å². The van der Waals surface area contributed by atoms with E-state index in [9.17, 15) is 9.59 Å². The van der Waals surface area contributed by atoms with Crippen molar-refractivity contribution in [3.63, 3.8) is 0 Å². The molecular weight excluding hydrogens is 520 g/mol. The molecule has 6 nitrogen and oxygen atoms in total. The molecule has 0 atom stereocenters. The smallest absolute Gasteiger partial charge is 0.154 e. The van der Waals surface area contributed by atoms with E-state index in [4.69, 9.17) is 9.97 Å². The minimum Gasteiger partial charge on any atom is -0.354 e. The number of aryl methyl sites for hydroxylation is 2. The Balaban J connectivity index is 1.65. The van der Waals surface area contributed by atoms with Crippen LogP contribution in [-0.2, 0) is 0 Å². The third-order valence-electron chi connectivity index (χ3n) is 7.75. The average molecular weight is 547 g/mol. The van der Waals surface area contributed by atoms with Gasteiger partial charge < -0.3 is 9.97 Å². The number of nitrogens with one attached hydrogen (secondary N) is 2. The van der Waals surface area contributed by atoms with E-state index in [1.165, 1.54) is 0 Å². The first-order chi connectivity index (χ1) is 20.5. The number of H-pyrrole nitrogens is 2. The summed E-state index contributed by atoms with van der Waals surface area (Å²) in [4.78, 5) is 41.8. The maximum Gasteiger partial charge on any atom is 0.154 e. The molecule has 2 aromatic carbocycles. The number of aldehydes is 2. The van der Waals surface area contributed by atoms with Crippen molar-refractivity contribution >= 4 is 58.9 Å². The van der Waals surface area contributed by atoms with Gasteiger partial charge in [0.05, 0.1) is 44.9 Å². The van der Waals surface area contributed by atoms with E-state index < -0.39 is 0 Å². The highest BCUT2D eigenvalue weighted by molar-refractivity contribution is 6.00. The van der Waals surface area contributed by atoms with Crippen molar-refractivity contribution in [2.75, 3.05) is 0 Å². The molecular formula is C36H26N4O2. The van der Waals surface area contributed by atoms with Gasteiger partial charge in [-0.25, -0.2) is 9.97 Å². The van der Waals surface area contributed by atoms with Crippen LogP contribution in [0.3, 0.4) is 0 Å². The second kappa shape index (κ2) is 10.1. The zero-order valence-electron chi connectivity index (χ0n) is 23.1. The number of fused-ring (bicyclic) bond motifs is 8. The highest BCUT2D eigenvalue weighted by Crippen LogP contribution is 2.34. The molecule has 0 aliphatic carbocycles. The number of hydrogen-bond acceptors (Lipinski definition) is 4. The quantitative estimate of drug-likeness (QED) is 0.218. The molecule has 0 spiro atoms. The standard InChI is InChI=1S/C36H26N4O2/c1-21-3-7-23(8-4-21)35-31-15-11-27(37-31)25(19-41)29-13-17-33(39-29)36(24-9-5-22(2)6-10-24)34-18-14-30(40-34)26(20-42)28-12-16-32(35)38-28/h3-20,37-38H,1-2H3. The van der Waals surface area contributed by atoms with E-state index in [0.29, 0.717) is 44.9 Å². The lowest BCUT2D eigenvalue weighted by molar-refractivity contribution is 0.111. The van der Waals surface area contributed by atoms with Gasteiger partial charge in [-0.1, -0.05) is 59.7 Å². The Kier molecular flexibility index (Phi) is 6.09. The molecule has 0 saturated heterocycles. The van der Waals surface area contributed by atoms with Crippen molar-refractivity contribution in [3.8, 4) is 22.3 Å². The van der Waals surface area contributed by atoms with E-state index in [1.807, 2.05) is 86.7 Å². The molecule has 2 N–H and O–H groups in total. The minimum absolute atomic E-state index is 0.464. The molecule has 42 heavy (non-hydrogen) atoms. The summed E-state index contributed by atoms with van der Waals surface area (Å²) in [6.45, 7) is 4.09. The summed E-state index contributed by atoms with van der Waals surface area (Å²) in [5.41, 5.74) is 12.4. The van der Waals surface area contributed by atoms with Crippen molar-refractivity contribution in [2.45, 2.75) is 13.8 Å². The monoisotopic (exact) mass is 546 g/mol. The van der Waals surface area contributed by atoms with Crippen LogP contribution in [0, 0.1) is 13.8 Å². The third kappa shape index (κ3) is 4.30. The molecule has 3 aromatic heterocycles. The van der Waals surface area contributed by atoms with Gasteiger partial charge in [0, 0.05) is 22.2 Å². The van der Waals surface area contributed by atoms with Crippen LogP contribution >= 0.6 is 0 Å². The van der Waals surface area contributed by atoms with Gasteiger partial charge in [-0.05, 0) is 73.5 Å². The van der Waals surface area contributed by atoms with Gasteiger partial charge in [-0.3, -0.25) is 9.59 Å². The zero-order chi connectivity index (χ0) is 28.8. The molecule has 7 rings (SSSR count). The SMILES string of the molecule is Cc1ccc(-c2c3nc(c(C=O)c4ccc([nH]4)c(-c4ccc(C)cc4)c4ccc([nH]4)c(C=O)c4nc2C=C4)C=C3)cc1. The van der Waals surface area contributed by atoms with Crippen molar-refractivity contribution < 1.29 is 9.59 Å². The van der Waals surface area contributed by atoms with Crippen LogP contribution < -0.4 is 0 Å². The van der Waals surface area contributed by atoms with E-state index in [-0.39, 0.29) is 0 Å². The molecule has 5 heterocycles. The number of aromatic amines is 2. The Morgan fingerprint density at radius 2 is 0.857 bits per heavy atom. The Morgan fingerprint density at radius 1 is 0.476 bits per heavy atom. The predicted molar refractivity (Wildman–Crippen MR) is 170 cm³/mol. The van der Waals surface area contributed by atoms with Crippen LogP contribution in [0.5, 0.6) is 0 Å².